The van der Waals surface area contributed by atoms with Crippen LogP contribution in [0.1, 0.15) is 11.1 Å². The van der Waals surface area contributed by atoms with Crippen LogP contribution in [0.25, 0.3) is 0 Å². The number of carbonyl (C=O) groups excluding carboxylic acids is 1. The number of rotatable bonds is 1. The Morgan fingerprint density at radius 3 is 2.75 bits per heavy atom. The van der Waals surface area contributed by atoms with E-state index in [0.29, 0.717) is 16.4 Å². The van der Waals surface area contributed by atoms with Crippen molar-refractivity contribution in [2.45, 2.75) is 6.92 Å². The van der Waals surface area contributed by atoms with Gasteiger partial charge < -0.3 is 5.32 Å². The van der Waals surface area contributed by atoms with Crippen molar-refractivity contribution < 1.29 is 4.79 Å². The third-order valence-electron chi connectivity index (χ3n) is 3.19. The summed E-state index contributed by atoms with van der Waals surface area (Å²) in [7, 11) is 0. The number of aliphatic imine (C=N–C) groups is 1. The maximum Gasteiger partial charge on any atom is 0.275 e. The molecule has 5 heteroatoms. The summed E-state index contributed by atoms with van der Waals surface area (Å²) in [5, 5.41) is 3.41. The number of carbonyl (C=O) groups is 1. The van der Waals surface area contributed by atoms with Gasteiger partial charge in [-0.25, -0.2) is 4.99 Å². The zero-order valence-electron chi connectivity index (χ0n) is 10.6. The Balaban J connectivity index is 2.14. The van der Waals surface area contributed by atoms with E-state index < -0.39 is 0 Å². The Hall–Kier alpha value is -1.65. The van der Waals surface area contributed by atoms with E-state index in [1.165, 1.54) is 0 Å². The number of hydrogen-bond donors (Lipinski definition) is 1. The van der Waals surface area contributed by atoms with Crippen molar-refractivity contribution in [3.63, 3.8) is 0 Å². The minimum Gasteiger partial charge on any atom is -0.320 e. The van der Waals surface area contributed by atoms with Gasteiger partial charge in [0.25, 0.3) is 5.91 Å². The number of anilines is 1. The van der Waals surface area contributed by atoms with Gasteiger partial charge in [0, 0.05) is 10.0 Å². The molecule has 0 spiro atoms. The predicted molar refractivity (Wildman–Crippen MR) is 85.2 cm³/mol. The third kappa shape index (κ3) is 2.15. The summed E-state index contributed by atoms with van der Waals surface area (Å²) in [5.74, 6) is -0.190. The zero-order valence-corrected chi connectivity index (χ0v) is 12.9. The number of nitrogens with zero attached hydrogens (tertiary/aromatic N) is 1. The molecule has 1 heterocycles. The van der Waals surface area contributed by atoms with Gasteiger partial charge in [0.2, 0.25) is 0 Å². The van der Waals surface area contributed by atoms with Gasteiger partial charge in [-0.3, -0.25) is 4.79 Å². The van der Waals surface area contributed by atoms with Crippen LogP contribution in [0.5, 0.6) is 0 Å². The monoisotopic (exact) mass is 348 g/mol. The van der Waals surface area contributed by atoms with Gasteiger partial charge in [0.1, 0.15) is 5.71 Å². The number of benzene rings is 2. The maximum absolute atomic E-state index is 12.0. The van der Waals surface area contributed by atoms with Crippen molar-refractivity contribution in [2.75, 3.05) is 5.32 Å². The molecule has 0 saturated heterocycles. The quantitative estimate of drug-likeness (QED) is 0.810. The molecule has 1 aliphatic heterocycles. The molecule has 2 aromatic rings. The first-order chi connectivity index (χ1) is 9.58. The number of para-hydroxylation sites is 1. The van der Waals surface area contributed by atoms with Crippen molar-refractivity contribution in [1.82, 2.24) is 0 Å². The molecular weight excluding hydrogens is 340 g/mol. The van der Waals surface area contributed by atoms with Gasteiger partial charge >= 0.3 is 0 Å². The summed E-state index contributed by atoms with van der Waals surface area (Å²) in [6, 6.07) is 11.2. The van der Waals surface area contributed by atoms with E-state index in [1.807, 2.05) is 43.3 Å². The number of fused-ring (bicyclic) bond motifs is 1. The summed E-state index contributed by atoms with van der Waals surface area (Å²) < 4.78 is 0.817. The second kappa shape index (κ2) is 5.04. The van der Waals surface area contributed by atoms with Crippen LogP contribution in [0.4, 0.5) is 11.4 Å². The van der Waals surface area contributed by atoms with Crippen LogP contribution in [-0.4, -0.2) is 11.6 Å². The van der Waals surface area contributed by atoms with Gasteiger partial charge in [0.15, 0.2) is 0 Å². The van der Waals surface area contributed by atoms with E-state index in [0.717, 1.165) is 21.3 Å². The molecule has 0 atom stereocenters. The van der Waals surface area contributed by atoms with Crippen molar-refractivity contribution in [3.05, 3.63) is 57.0 Å². The van der Waals surface area contributed by atoms with E-state index in [-0.39, 0.29) is 5.91 Å². The van der Waals surface area contributed by atoms with E-state index in [1.54, 1.807) is 0 Å². The Bertz CT molecular complexity index is 756. The fraction of sp³-hybridized carbons (Fsp3) is 0.0667. The summed E-state index contributed by atoms with van der Waals surface area (Å²) in [6.07, 6.45) is 0. The van der Waals surface area contributed by atoms with Gasteiger partial charge in [-0.05, 0) is 46.6 Å². The lowest BCUT2D eigenvalue weighted by Gasteiger charge is -2.05. The van der Waals surface area contributed by atoms with E-state index in [4.69, 9.17) is 11.6 Å². The van der Waals surface area contributed by atoms with E-state index in [9.17, 15) is 4.79 Å². The fourth-order valence-corrected chi connectivity index (χ4v) is 2.69. The first-order valence-electron chi connectivity index (χ1n) is 6.02. The molecule has 0 radical (unpaired) electrons. The Labute approximate surface area is 129 Å². The fourth-order valence-electron chi connectivity index (χ4n) is 2.10. The molecule has 1 amide bonds. The molecule has 0 aromatic heterocycles. The standard InChI is InChI=1S/C15H10BrClN2O/c1-8-11(7-6-10(16)13(8)17)18-14-9-4-2-3-5-12(9)19-15(14)20/h2-7H,1H3,(H,18,19,20). The first kappa shape index (κ1) is 13.3. The average molecular weight is 350 g/mol. The third-order valence-corrected chi connectivity index (χ3v) is 4.56. The highest BCUT2D eigenvalue weighted by Crippen LogP contribution is 2.34. The van der Waals surface area contributed by atoms with Gasteiger partial charge in [0.05, 0.1) is 16.4 Å². The minimum absolute atomic E-state index is 0.190. The van der Waals surface area contributed by atoms with Crippen LogP contribution in [0, 0.1) is 6.92 Å². The second-order valence-corrected chi connectivity index (χ2v) is 5.70. The summed E-state index contributed by atoms with van der Waals surface area (Å²) in [5.41, 5.74) is 3.56. The smallest absolute Gasteiger partial charge is 0.275 e. The molecule has 0 aliphatic carbocycles. The first-order valence-corrected chi connectivity index (χ1v) is 7.19. The summed E-state index contributed by atoms with van der Waals surface area (Å²) >= 11 is 9.56. The highest BCUT2D eigenvalue weighted by molar-refractivity contribution is 9.10. The van der Waals surface area contributed by atoms with Crippen molar-refractivity contribution >= 4 is 50.5 Å². The summed E-state index contributed by atoms with van der Waals surface area (Å²) in [6.45, 7) is 1.88. The predicted octanol–water partition coefficient (Wildman–Crippen LogP) is 4.48. The molecule has 20 heavy (non-hydrogen) atoms. The minimum atomic E-state index is -0.190. The van der Waals surface area contributed by atoms with Crippen molar-refractivity contribution in [3.8, 4) is 0 Å². The molecule has 0 fully saturated rings. The average Bonchev–Trinajstić information content (AvgIpc) is 2.76. The van der Waals surface area contributed by atoms with E-state index >= 15 is 0 Å². The van der Waals surface area contributed by atoms with E-state index in [2.05, 4.69) is 26.2 Å². The van der Waals surface area contributed by atoms with Crippen LogP contribution >= 0.6 is 27.5 Å². The van der Waals surface area contributed by atoms with Crippen LogP contribution in [-0.2, 0) is 4.79 Å². The molecule has 0 bridgehead atoms. The lowest BCUT2D eigenvalue weighted by molar-refractivity contribution is -0.110. The SMILES string of the molecule is Cc1c(N=C2C(=O)Nc3ccccc32)ccc(Br)c1Cl. The molecule has 2 aromatic carbocycles. The van der Waals surface area contributed by atoms with Crippen LogP contribution in [0.15, 0.2) is 45.9 Å². The largest absolute Gasteiger partial charge is 0.320 e. The molecule has 1 aliphatic rings. The molecule has 1 N–H and O–H groups in total. The Morgan fingerprint density at radius 2 is 1.95 bits per heavy atom. The van der Waals surface area contributed by atoms with Crippen LogP contribution in [0.3, 0.4) is 0 Å². The lowest BCUT2D eigenvalue weighted by atomic mass is 10.1. The Morgan fingerprint density at radius 1 is 1.20 bits per heavy atom. The number of amides is 1. The lowest BCUT2D eigenvalue weighted by Crippen LogP contribution is -2.14. The highest BCUT2D eigenvalue weighted by atomic mass is 79.9. The topological polar surface area (TPSA) is 41.5 Å². The molecule has 0 unspecified atom stereocenters. The molecule has 100 valence electrons. The highest BCUT2D eigenvalue weighted by Gasteiger charge is 2.25. The Kier molecular flexibility index (Phi) is 3.36. The molecule has 0 saturated carbocycles. The van der Waals surface area contributed by atoms with Gasteiger partial charge in [-0.1, -0.05) is 29.8 Å². The van der Waals surface area contributed by atoms with Gasteiger partial charge in [-0.15, -0.1) is 0 Å². The van der Waals surface area contributed by atoms with Crippen LogP contribution in [0.2, 0.25) is 5.02 Å². The van der Waals surface area contributed by atoms with Crippen LogP contribution < -0.4 is 5.32 Å². The van der Waals surface area contributed by atoms with Crippen molar-refractivity contribution in [2.24, 2.45) is 4.99 Å². The summed E-state index contributed by atoms with van der Waals surface area (Å²) in [4.78, 5) is 16.5. The number of nitrogens with one attached hydrogen (secondary N) is 1. The normalized spacial score (nSPS) is 15.3. The van der Waals surface area contributed by atoms with Crippen molar-refractivity contribution in [1.29, 1.82) is 0 Å². The number of hydrogen-bond acceptors (Lipinski definition) is 2. The molecule has 3 rings (SSSR count). The number of halogens is 2. The van der Waals surface area contributed by atoms with Gasteiger partial charge in [-0.2, -0.15) is 0 Å². The maximum atomic E-state index is 12.0. The second-order valence-electron chi connectivity index (χ2n) is 4.47. The molecule has 3 nitrogen and oxygen atoms in total. The molecular formula is C15H10BrClN2O. The zero-order chi connectivity index (χ0) is 14.3.